The number of aromatic nitrogens is 2. The number of thiazole rings is 1. The molecule has 29 heavy (non-hydrogen) atoms. The van der Waals surface area contributed by atoms with Gasteiger partial charge in [0, 0.05) is 41.3 Å². The van der Waals surface area contributed by atoms with Crippen LogP contribution in [0.2, 0.25) is 5.02 Å². The lowest BCUT2D eigenvalue weighted by molar-refractivity contribution is 0.268. The molecule has 0 saturated carbocycles. The van der Waals surface area contributed by atoms with Gasteiger partial charge >= 0.3 is 0 Å². The number of sulfonamides is 1. The Morgan fingerprint density at radius 2 is 2.03 bits per heavy atom. The Morgan fingerprint density at radius 3 is 2.76 bits per heavy atom. The van der Waals surface area contributed by atoms with Crippen molar-refractivity contribution in [1.29, 1.82) is 0 Å². The molecule has 154 valence electrons. The van der Waals surface area contributed by atoms with Gasteiger partial charge in [-0.3, -0.25) is 0 Å². The number of benzene rings is 1. The first kappa shape index (κ1) is 20.6. The summed E-state index contributed by atoms with van der Waals surface area (Å²) in [6, 6.07) is 9.38. The molecule has 1 aliphatic heterocycles. The molecule has 0 spiro atoms. The lowest BCUT2D eigenvalue weighted by Gasteiger charge is -2.32. The molecule has 8 heteroatoms. The van der Waals surface area contributed by atoms with Gasteiger partial charge in [-0.05, 0) is 44.9 Å². The van der Waals surface area contributed by atoms with E-state index in [1.165, 1.54) is 11.3 Å². The zero-order valence-electron chi connectivity index (χ0n) is 16.7. The quantitative estimate of drug-likeness (QED) is 0.540. The Bertz CT molecular complexity index is 1150. The molecule has 1 fully saturated rings. The summed E-state index contributed by atoms with van der Waals surface area (Å²) in [5.41, 5.74) is 3.32. The van der Waals surface area contributed by atoms with E-state index in [2.05, 4.69) is 0 Å². The summed E-state index contributed by atoms with van der Waals surface area (Å²) in [6.07, 6.45) is 2.91. The molecule has 0 aliphatic carbocycles. The summed E-state index contributed by atoms with van der Waals surface area (Å²) < 4.78 is 30.3. The van der Waals surface area contributed by atoms with Crippen molar-refractivity contribution in [3.8, 4) is 22.0 Å². The molecule has 3 aromatic rings. The van der Waals surface area contributed by atoms with Crippen LogP contribution in [0.1, 0.15) is 31.9 Å². The molecule has 1 atom stereocenters. The van der Waals surface area contributed by atoms with E-state index < -0.39 is 10.0 Å². The molecule has 4 rings (SSSR count). The molecule has 0 N–H and O–H groups in total. The van der Waals surface area contributed by atoms with Crippen LogP contribution in [-0.4, -0.2) is 34.9 Å². The number of piperidine rings is 1. The number of nitrogens with zero attached hydrogens (tertiary/aromatic N) is 3. The highest BCUT2D eigenvalue weighted by molar-refractivity contribution is 7.89. The topological polar surface area (TPSA) is 55.2 Å². The van der Waals surface area contributed by atoms with Crippen molar-refractivity contribution in [2.24, 2.45) is 7.05 Å². The van der Waals surface area contributed by atoms with Crippen LogP contribution >= 0.6 is 22.9 Å². The Hall–Kier alpha value is -1.67. The summed E-state index contributed by atoms with van der Waals surface area (Å²) in [6.45, 7) is 4.44. The SMILES string of the molecule is Cc1c(S(=O)(=O)N2CCCCC2C)cc(-c2nc(-c3cccc(Cl)c3)cs2)n1C. The van der Waals surface area contributed by atoms with E-state index in [0.717, 1.165) is 46.9 Å². The van der Waals surface area contributed by atoms with Crippen molar-refractivity contribution >= 4 is 33.0 Å². The molecule has 2 aromatic heterocycles. The summed E-state index contributed by atoms with van der Waals surface area (Å²) in [5.74, 6) is 0. The molecule has 0 amide bonds. The number of hydrogen-bond donors (Lipinski definition) is 0. The van der Waals surface area contributed by atoms with E-state index in [0.29, 0.717) is 16.5 Å². The van der Waals surface area contributed by atoms with Gasteiger partial charge in [0.15, 0.2) is 0 Å². The van der Waals surface area contributed by atoms with Crippen LogP contribution in [0.15, 0.2) is 40.6 Å². The minimum absolute atomic E-state index is 0.0334. The van der Waals surface area contributed by atoms with Gasteiger partial charge in [-0.1, -0.05) is 30.2 Å². The minimum atomic E-state index is -3.53. The lowest BCUT2D eigenvalue weighted by Crippen LogP contribution is -2.42. The number of hydrogen-bond acceptors (Lipinski definition) is 4. The minimum Gasteiger partial charge on any atom is -0.345 e. The average molecular weight is 450 g/mol. The Labute approximate surface area is 181 Å². The molecular formula is C21H24ClN3O2S2. The highest BCUT2D eigenvalue weighted by Crippen LogP contribution is 2.35. The molecule has 0 bridgehead atoms. The van der Waals surface area contributed by atoms with Gasteiger partial charge in [0.1, 0.15) is 9.90 Å². The normalized spacial score (nSPS) is 18.3. The van der Waals surface area contributed by atoms with Crippen molar-refractivity contribution in [3.63, 3.8) is 0 Å². The average Bonchev–Trinajstić information content (AvgIpc) is 3.28. The molecule has 1 aliphatic rings. The van der Waals surface area contributed by atoms with E-state index in [1.54, 1.807) is 10.4 Å². The maximum absolute atomic E-state index is 13.4. The maximum Gasteiger partial charge on any atom is 0.245 e. The maximum atomic E-state index is 13.4. The van der Waals surface area contributed by atoms with Gasteiger partial charge in [-0.2, -0.15) is 4.31 Å². The van der Waals surface area contributed by atoms with Crippen molar-refractivity contribution in [1.82, 2.24) is 13.9 Å². The fourth-order valence-electron chi connectivity index (χ4n) is 3.86. The molecule has 3 heterocycles. The van der Waals surface area contributed by atoms with Crippen LogP contribution in [0, 0.1) is 6.92 Å². The smallest absolute Gasteiger partial charge is 0.245 e. The zero-order valence-corrected chi connectivity index (χ0v) is 19.1. The van der Waals surface area contributed by atoms with Gasteiger partial charge in [0.2, 0.25) is 10.0 Å². The lowest BCUT2D eigenvalue weighted by atomic mass is 10.1. The van der Waals surface area contributed by atoms with Crippen LogP contribution in [-0.2, 0) is 17.1 Å². The van der Waals surface area contributed by atoms with Crippen LogP contribution in [0.25, 0.3) is 22.0 Å². The summed E-state index contributed by atoms with van der Waals surface area (Å²) in [5, 5.41) is 3.43. The second kappa shape index (κ2) is 7.87. The highest BCUT2D eigenvalue weighted by atomic mass is 35.5. The van der Waals surface area contributed by atoms with Crippen LogP contribution in [0.5, 0.6) is 0 Å². The van der Waals surface area contributed by atoms with Crippen molar-refractivity contribution < 1.29 is 8.42 Å². The first-order valence-electron chi connectivity index (χ1n) is 9.69. The van der Waals surface area contributed by atoms with Gasteiger partial charge in [0.05, 0.1) is 11.4 Å². The first-order chi connectivity index (χ1) is 13.8. The van der Waals surface area contributed by atoms with Crippen LogP contribution < -0.4 is 0 Å². The molecule has 1 aromatic carbocycles. The standard InChI is InChI=1S/C21H24ClN3O2S2/c1-14-7-4-5-10-25(14)29(26,27)20-12-19(24(3)15(20)2)21-23-18(13-28-21)16-8-6-9-17(22)11-16/h6,8-9,11-14H,4-5,7,10H2,1-3H3. The number of halogens is 1. The van der Waals surface area contributed by atoms with Crippen molar-refractivity contribution in [2.75, 3.05) is 6.54 Å². The second-order valence-corrected chi connectivity index (χ2v) is 10.7. The van der Waals surface area contributed by atoms with Gasteiger partial charge in [-0.15, -0.1) is 11.3 Å². The Kier molecular flexibility index (Phi) is 5.59. The predicted octanol–water partition coefficient (Wildman–Crippen LogP) is 5.34. The molecule has 1 saturated heterocycles. The van der Waals surface area contributed by atoms with Gasteiger partial charge in [-0.25, -0.2) is 13.4 Å². The van der Waals surface area contributed by atoms with Crippen molar-refractivity contribution in [3.05, 3.63) is 46.4 Å². The third-order valence-corrected chi connectivity index (χ3v) is 8.89. The Balaban J connectivity index is 1.72. The van der Waals surface area contributed by atoms with Crippen LogP contribution in [0.4, 0.5) is 0 Å². The van der Waals surface area contributed by atoms with Crippen LogP contribution in [0.3, 0.4) is 0 Å². The predicted molar refractivity (Wildman–Crippen MR) is 119 cm³/mol. The second-order valence-electron chi connectivity index (χ2n) is 7.55. The number of rotatable bonds is 4. The molecule has 5 nitrogen and oxygen atoms in total. The van der Waals surface area contributed by atoms with E-state index in [9.17, 15) is 8.42 Å². The molecular weight excluding hydrogens is 426 g/mol. The highest BCUT2D eigenvalue weighted by Gasteiger charge is 2.34. The van der Waals surface area contributed by atoms with Gasteiger partial charge < -0.3 is 4.57 Å². The third-order valence-electron chi connectivity index (χ3n) is 5.66. The molecule has 0 radical (unpaired) electrons. The monoisotopic (exact) mass is 449 g/mol. The van der Waals surface area contributed by atoms with E-state index >= 15 is 0 Å². The first-order valence-corrected chi connectivity index (χ1v) is 12.4. The summed E-state index contributed by atoms with van der Waals surface area (Å²) >= 11 is 7.61. The fourth-order valence-corrected chi connectivity index (χ4v) is 6.91. The largest absolute Gasteiger partial charge is 0.345 e. The van der Waals surface area contributed by atoms with Gasteiger partial charge in [0.25, 0.3) is 0 Å². The third kappa shape index (κ3) is 3.77. The summed E-state index contributed by atoms with van der Waals surface area (Å²) in [4.78, 5) is 5.13. The summed E-state index contributed by atoms with van der Waals surface area (Å²) in [7, 11) is -1.64. The van der Waals surface area contributed by atoms with Crippen molar-refractivity contribution in [2.45, 2.75) is 44.0 Å². The van der Waals surface area contributed by atoms with E-state index in [4.69, 9.17) is 16.6 Å². The van der Waals surface area contributed by atoms with E-state index in [-0.39, 0.29) is 6.04 Å². The fraction of sp³-hybridized carbons (Fsp3) is 0.381. The Morgan fingerprint density at radius 1 is 1.24 bits per heavy atom. The zero-order chi connectivity index (χ0) is 20.8. The van der Waals surface area contributed by atoms with E-state index in [1.807, 2.05) is 55.1 Å². The molecule has 1 unspecified atom stereocenters.